The number of benzene rings is 2. The largest absolute Gasteiger partial charge is 0.494 e. The zero-order chi connectivity index (χ0) is 23.9. The predicted octanol–water partition coefficient (Wildman–Crippen LogP) is 3.94. The minimum Gasteiger partial charge on any atom is -0.494 e. The van der Waals surface area contributed by atoms with Crippen LogP contribution in [0, 0.1) is 0 Å². The summed E-state index contributed by atoms with van der Waals surface area (Å²) >= 11 is 0. The Labute approximate surface area is 186 Å². The number of halogens is 3. The van der Waals surface area contributed by atoms with E-state index >= 15 is 0 Å². The van der Waals surface area contributed by atoms with E-state index < -0.39 is 39.1 Å². The maximum atomic E-state index is 13.0. The molecule has 174 valence electrons. The first-order valence-electron chi connectivity index (χ1n) is 9.73. The molecule has 0 fully saturated rings. The van der Waals surface area contributed by atoms with Crippen LogP contribution in [0.5, 0.6) is 5.75 Å². The standard InChI is InChI=1S/C22H25F3N2O4S/c1-4-13-27(32(29,30)20-8-6-7-18(14-20)22(23,24)25)16-21(28)26(3)15-17-9-11-19(12-10-17)31-5-2/h4,6-12,14H,1,5,13,15-16H2,2-3H3. The van der Waals surface area contributed by atoms with Crippen LogP contribution in [0.15, 0.2) is 66.1 Å². The molecule has 0 heterocycles. The van der Waals surface area contributed by atoms with Crippen LogP contribution in [0.4, 0.5) is 13.2 Å². The summed E-state index contributed by atoms with van der Waals surface area (Å²) in [6.45, 7) is 5.31. The van der Waals surface area contributed by atoms with Gasteiger partial charge in [0.05, 0.1) is 23.6 Å². The summed E-state index contributed by atoms with van der Waals surface area (Å²) in [5.74, 6) is 0.172. The molecule has 0 spiro atoms. The van der Waals surface area contributed by atoms with Gasteiger partial charge in [-0.05, 0) is 42.8 Å². The van der Waals surface area contributed by atoms with Crippen molar-refractivity contribution in [2.75, 3.05) is 26.7 Å². The van der Waals surface area contributed by atoms with Crippen LogP contribution in [0.3, 0.4) is 0 Å². The molecule has 0 aliphatic heterocycles. The van der Waals surface area contributed by atoms with Crippen molar-refractivity contribution in [1.29, 1.82) is 0 Å². The van der Waals surface area contributed by atoms with Crippen LogP contribution < -0.4 is 4.74 Å². The first kappa shape index (κ1) is 25.4. The van der Waals surface area contributed by atoms with E-state index in [2.05, 4.69) is 6.58 Å². The molecule has 0 saturated carbocycles. The van der Waals surface area contributed by atoms with Gasteiger partial charge in [-0.15, -0.1) is 6.58 Å². The molecular weight excluding hydrogens is 445 g/mol. The van der Waals surface area contributed by atoms with Gasteiger partial charge in [-0.25, -0.2) is 8.42 Å². The van der Waals surface area contributed by atoms with Gasteiger partial charge in [0, 0.05) is 20.1 Å². The molecule has 10 heteroatoms. The molecule has 0 unspecified atom stereocenters. The fourth-order valence-corrected chi connectivity index (χ4v) is 4.27. The number of nitrogens with zero attached hydrogens (tertiary/aromatic N) is 2. The normalized spacial score (nSPS) is 11.9. The summed E-state index contributed by atoms with van der Waals surface area (Å²) in [5.41, 5.74) is -0.281. The molecule has 0 atom stereocenters. The minimum absolute atomic E-state index is 0.219. The lowest BCUT2D eigenvalue weighted by molar-refractivity contribution is -0.137. The van der Waals surface area contributed by atoms with Crippen molar-refractivity contribution in [3.8, 4) is 5.75 Å². The zero-order valence-electron chi connectivity index (χ0n) is 17.8. The summed E-state index contributed by atoms with van der Waals surface area (Å²) in [7, 11) is -2.85. The number of hydrogen-bond donors (Lipinski definition) is 0. The highest BCUT2D eigenvalue weighted by Gasteiger charge is 2.33. The van der Waals surface area contributed by atoms with Gasteiger partial charge in [-0.2, -0.15) is 17.5 Å². The monoisotopic (exact) mass is 470 g/mol. The van der Waals surface area contributed by atoms with Crippen LogP contribution in [-0.4, -0.2) is 50.3 Å². The first-order chi connectivity index (χ1) is 15.0. The van der Waals surface area contributed by atoms with Gasteiger partial charge in [-0.3, -0.25) is 4.79 Å². The Morgan fingerprint density at radius 3 is 2.38 bits per heavy atom. The molecule has 0 N–H and O–H groups in total. The number of sulfonamides is 1. The van der Waals surface area contributed by atoms with Gasteiger partial charge in [0.2, 0.25) is 15.9 Å². The number of amides is 1. The highest BCUT2D eigenvalue weighted by Crippen LogP contribution is 2.31. The SMILES string of the molecule is C=CCN(CC(=O)N(C)Cc1ccc(OCC)cc1)S(=O)(=O)c1cccc(C(F)(F)F)c1. The van der Waals surface area contributed by atoms with Gasteiger partial charge >= 0.3 is 6.18 Å². The number of rotatable bonds is 10. The van der Waals surface area contributed by atoms with Crippen molar-refractivity contribution < 1.29 is 31.1 Å². The molecule has 0 aliphatic rings. The van der Waals surface area contributed by atoms with E-state index in [1.54, 1.807) is 24.3 Å². The number of carbonyl (C=O) groups excluding carboxylic acids is 1. The molecular formula is C22H25F3N2O4S. The Hall–Kier alpha value is -2.85. The lowest BCUT2D eigenvalue weighted by Gasteiger charge is -2.24. The molecule has 0 radical (unpaired) electrons. The highest BCUT2D eigenvalue weighted by atomic mass is 32.2. The van der Waals surface area contributed by atoms with Crippen molar-refractivity contribution in [1.82, 2.24) is 9.21 Å². The number of alkyl halides is 3. The minimum atomic E-state index is -4.69. The van der Waals surface area contributed by atoms with Crippen LogP contribution >= 0.6 is 0 Å². The summed E-state index contributed by atoms with van der Waals surface area (Å²) in [5, 5.41) is 0. The smallest absolute Gasteiger partial charge is 0.416 e. The van der Waals surface area contributed by atoms with Crippen LogP contribution in [0.25, 0.3) is 0 Å². The zero-order valence-corrected chi connectivity index (χ0v) is 18.6. The Balaban J connectivity index is 2.17. The third-order valence-electron chi connectivity index (χ3n) is 4.52. The van der Waals surface area contributed by atoms with E-state index in [1.165, 1.54) is 18.0 Å². The Morgan fingerprint density at radius 2 is 1.81 bits per heavy atom. The molecule has 1 amide bonds. The van der Waals surface area contributed by atoms with Gasteiger partial charge in [0.25, 0.3) is 0 Å². The van der Waals surface area contributed by atoms with Crippen molar-refractivity contribution in [3.05, 3.63) is 72.3 Å². The summed E-state index contributed by atoms with van der Waals surface area (Å²) in [6.07, 6.45) is -3.42. The van der Waals surface area contributed by atoms with Crippen molar-refractivity contribution in [3.63, 3.8) is 0 Å². The fourth-order valence-electron chi connectivity index (χ4n) is 2.86. The second-order valence-corrected chi connectivity index (χ2v) is 8.88. The molecule has 0 saturated heterocycles. The van der Waals surface area contributed by atoms with Gasteiger partial charge in [0.1, 0.15) is 5.75 Å². The van der Waals surface area contributed by atoms with Gasteiger partial charge in [-0.1, -0.05) is 24.3 Å². The number of ether oxygens (including phenoxy) is 1. The second-order valence-electron chi connectivity index (χ2n) is 6.94. The molecule has 2 aromatic carbocycles. The predicted molar refractivity (Wildman–Crippen MR) is 114 cm³/mol. The van der Waals surface area contributed by atoms with Crippen LogP contribution in [0.1, 0.15) is 18.1 Å². The van der Waals surface area contributed by atoms with E-state index in [9.17, 15) is 26.4 Å². The molecule has 6 nitrogen and oxygen atoms in total. The highest BCUT2D eigenvalue weighted by molar-refractivity contribution is 7.89. The molecule has 2 aromatic rings. The van der Waals surface area contributed by atoms with Crippen LogP contribution in [0.2, 0.25) is 0 Å². The fraction of sp³-hybridized carbons (Fsp3) is 0.318. The van der Waals surface area contributed by atoms with Gasteiger partial charge in [0.15, 0.2) is 0 Å². The van der Waals surface area contributed by atoms with Crippen molar-refractivity contribution in [2.24, 2.45) is 0 Å². The number of likely N-dealkylation sites (N-methyl/N-ethyl adjacent to an activating group) is 1. The molecule has 2 rings (SSSR count). The molecule has 0 bridgehead atoms. The van der Waals surface area contributed by atoms with Crippen LogP contribution in [-0.2, 0) is 27.5 Å². The van der Waals surface area contributed by atoms with Gasteiger partial charge < -0.3 is 9.64 Å². The summed E-state index contributed by atoms with van der Waals surface area (Å²) in [6, 6.07) is 10.5. The summed E-state index contributed by atoms with van der Waals surface area (Å²) < 4.78 is 71.1. The third-order valence-corrected chi connectivity index (χ3v) is 6.33. The first-order valence-corrected chi connectivity index (χ1v) is 11.2. The average molecular weight is 471 g/mol. The Morgan fingerprint density at radius 1 is 1.16 bits per heavy atom. The van der Waals surface area contributed by atoms with E-state index in [-0.39, 0.29) is 13.1 Å². The third kappa shape index (κ3) is 6.57. The number of carbonyl (C=O) groups is 1. The lowest BCUT2D eigenvalue weighted by Crippen LogP contribution is -2.41. The maximum Gasteiger partial charge on any atom is 0.416 e. The van der Waals surface area contributed by atoms with E-state index in [4.69, 9.17) is 4.74 Å². The Kier molecular flexibility index (Phi) is 8.45. The molecule has 0 aliphatic carbocycles. The van der Waals surface area contributed by atoms with E-state index in [0.717, 1.165) is 28.1 Å². The molecule has 32 heavy (non-hydrogen) atoms. The van der Waals surface area contributed by atoms with E-state index in [0.29, 0.717) is 18.4 Å². The number of hydrogen-bond acceptors (Lipinski definition) is 4. The van der Waals surface area contributed by atoms with E-state index in [1.807, 2.05) is 6.92 Å². The quantitative estimate of drug-likeness (QED) is 0.494. The van der Waals surface area contributed by atoms with Crippen molar-refractivity contribution >= 4 is 15.9 Å². The Bertz CT molecular complexity index is 1040. The maximum absolute atomic E-state index is 13.0. The topological polar surface area (TPSA) is 66.9 Å². The lowest BCUT2D eigenvalue weighted by atomic mass is 10.2. The average Bonchev–Trinajstić information content (AvgIpc) is 2.74. The summed E-state index contributed by atoms with van der Waals surface area (Å²) in [4.78, 5) is 13.5. The molecule has 0 aromatic heterocycles. The van der Waals surface area contributed by atoms with Crippen molar-refractivity contribution in [2.45, 2.75) is 24.5 Å². The second kappa shape index (κ2) is 10.6.